The summed E-state index contributed by atoms with van der Waals surface area (Å²) in [5.41, 5.74) is -0.744. The zero-order valence-corrected chi connectivity index (χ0v) is 12.6. The minimum Gasteiger partial charge on any atom is -0.497 e. The molecule has 0 aliphatic rings. The molecule has 0 N–H and O–H groups in total. The Morgan fingerprint density at radius 1 is 1.05 bits per heavy atom. The maximum absolute atomic E-state index is 12.4. The first kappa shape index (κ1) is 16.5. The molecule has 0 atom stereocenters. The summed E-state index contributed by atoms with van der Waals surface area (Å²) in [5.74, 6) is 2.04. The third-order valence-corrected chi connectivity index (χ3v) is 3.63. The number of benzene rings is 1. The van der Waals surface area contributed by atoms with Crippen molar-refractivity contribution in [2.24, 2.45) is 0 Å². The van der Waals surface area contributed by atoms with Gasteiger partial charge in [0, 0.05) is 11.9 Å². The Morgan fingerprint density at radius 2 is 1.73 bits per heavy atom. The third-order valence-electron chi connectivity index (χ3n) is 2.73. The fraction of sp³-hybridized carbons (Fsp3) is 0.267. The second-order valence-corrected chi connectivity index (χ2v) is 5.37. The average Bonchev–Trinajstić information content (AvgIpc) is 2.52. The molecule has 1 aromatic heterocycles. The number of rotatable bonds is 6. The van der Waals surface area contributed by atoms with Gasteiger partial charge in [-0.3, -0.25) is 0 Å². The first-order valence-corrected chi connectivity index (χ1v) is 7.40. The Hall–Kier alpha value is -1.89. The molecule has 0 unspecified atom stereocenters. The number of alkyl halides is 3. The molecule has 0 spiro atoms. The van der Waals surface area contributed by atoms with Gasteiger partial charge in [0.1, 0.15) is 11.5 Å². The molecular weight excluding hydrogens is 315 g/mol. The summed E-state index contributed by atoms with van der Waals surface area (Å²) in [4.78, 5) is 3.78. The van der Waals surface area contributed by atoms with Crippen LogP contribution in [0.5, 0.6) is 11.5 Å². The number of aromatic nitrogens is 1. The van der Waals surface area contributed by atoms with Crippen LogP contribution < -0.4 is 9.47 Å². The Morgan fingerprint density at radius 3 is 2.27 bits per heavy atom. The number of thioether (sulfide) groups is 1. The van der Waals surface area contributed by atoms with Gasteiger partial charge in [-0.05, 0) is 36.4 Å². The minimum atomic E-state index is -4.35. The predicted molar refractivity (Wildman–Crippen MR) is 78.5 cm³/mol. The predicted octanol–water partition coefficient (Wildman–Crippen LogP) is 4.28. The van der Waals surface area contributed by atoms with Crippen LogP contribution in [0.1, 0.15) is 5.56 Å². The van der Waals surface area contributed by atoms with Gasteiger partial charge in [0.2, 0.25) is 0 Å². The van der Waals surface area contributed by atoms with Crippen LogP contribution in [0.2, 0.25) is 0 Å². The van der Waals surface area contributed by atoms with E-state index in [-0.39, 0.29) is 0 Å². The first-order chi connectivity index (χ1) is 10.5. The second-order valence-electron chi connectivity index (χ2n) is 4.26. The molecule has 1 heterocycles. The molecule has 0 aliphatic heterocycles. The number of halogens is 3. The highest BCUT2D eigenvalue weighted by molar-refractivity contribution is 7.99. The van der Waals surface area contributed by atoms with Gasteiger partial charge < -0.3 is 9.47 Å². The van der Waals surface area contributed by atoms with E-state index in [1.54, 1.807) is 31.4 Å². The van der Waals surface area contributed by atoms with Crippen molar-refractivity contribution < 1.29 is 22.6 Å². The Kier molecular flexibility index (Phi) is 5.54. The van der Waals surface area contributed by atoms with E-state index < -0.39 is 11.7 Å². The highest BCUT2D eigenvalue weighted by Crippen LogP contribution is 2.29. The van der Waals surface area contributed by atoms with E-state index in [1.165, 1.54) is 17.8 Å². The van der Waals surface area contributed by atoms with Crippen LogP contribution in [0.4, 0.5) is 13.2 Å². The van der Waals surface area contributed by atoms with Crippen LogP contribution in [0.3, 0.4) is 0 Å². The highest BCUT2D eigenvalue weighted by atomic mass is 32.2. The summed E-state index contributed by atoms with van der Waals surface area (Å²) in [6.07, 6.45) is -3.51. The van der Waals surface area contributed by atoms with Crippen LogP contribution in [0.25, 0.3) is 0 Å². The molecule has 2 rings (SSSR count). The van der Waals surface area contributed by atoms with Gasteiger partial charge in [-0.2, -0.15) is 13.2 Å². The van der Waals surface area contributed by atoms with Gasteiger partial charge in [0.15, 0.2) is 0 Å². The lowest BCUT2D eigenvalue weighted by atomic mass is 10.3. The normalized spacial score (nSPS) is 11.3. The number of ether oxygens (including phenoxy) is 2. The lowest BCUT2D eigenvalue weighted by Gasteiger charge is -2.08. The van der Waals surface area contributed by atoms with Gasteiger partial charge in [0.05, 0.1) is 24.3 Å². The SMILES string of the molecule is COc1ccc(OCCSc2ccc(C(F)(F)F)cn2)cc1. The zero-order chi connectivity index (χ0) is 16.0. The molecule has 0 fully saturated rings. The molecule has 118 valence electrons. The van der Waals surface area contributed by atoms with E-state index in [0.29, 0.717) is 23.1 Å². The van der Waals surface area contributed by atoms with E-state index in [1.807, 2.05) is 0 Å². The molecule has 0 saturated carbocycles. The summed E-state index contributed by atoms with van der Waals surface area (Å²) < 4.78 is 47.7. The number of nitrogens with zero attached hydrogens (tertiary/aromatic N) is 1. The standard InChI is InChI=1S/C15H14F3NO2S/c1-20-12-3-5-13(6-4-12)21-8-9-22-14-7-2-11(10-19-14)15(16,17)18/h2-7,10H,8-9H2,1H3. The fourth-order valence-electron chi connectivity index (χ4n) is 1.61. The van der Waals surface area contributed by atoms with Crippen molar-refractivity contribution in [2.45, 2.75) is 11.2 Å². The molecule has 2 aromatic rings. The van der Waals surface area contributed by atoms with Crippen molar-refractivity contribution in [3.8, 4) is 11.5 Å². The zero-order valence-electron chi connectivity index (χ0n) is 11.8. The molecular formula is C15H14F3NO2S. The van der Waals surface area contributed by atoms with Crippen molar-refractivity contribution in [1.29, 1.82) is 0 Å². The lowest BCUT2D eigenvalue weighted by Crippen LogP contribution is -2.05. The Bertz CT molecular complexity index is 585. The van der Waals surface area contributed by atoms with E-state index in [0.717, 1.165) is 18.0 Å². The van der Waals surface area contributed by atoms with Crippen LogP contribution in [-0.2, 0) is 6.18 Å². The number of pyridine rings is 1. The number of hydrogen-bond donors (Lipinski definition) is 0. The molecule has 1 aromatic carbocycles. The molecule has 7 heteroatoms. The highest BCUT2D eigenvalue weighted by Gasteiger charge is 2.30. The minimum absolute atomic E-state index is 0.430. The van der Waals surface area contributed by atoms with Crippen molar-refractivity contribution in [3.63, 3.8) is 0 Å². The quantitative estimate of drug-likeness (QED) is 0.585. The van der Waals surface area contributed by atoms with Gasteiger partial charge in [-0.25, -0.2) is 4.98 Å². The molecule has 0 radical (unpaired) electrons. The third kappa shape index (κ3) is 4.84. The Balaban J connectivity index is 1.76. The first-order valence-electron chi connectivity index (χ1n) is 6.42. The van der Waals surface area contributed by atoms with E-state index >= 15 is 0 Å². The van der Waals surface area contributed by atoms with Gasteiger partial charge in [0.25, 0.3) is 0 Å². The van der Waals surface area contributed by atoms with Crippen LogP contribution in [-0.4, -0.2) is 24.5 Å². The summed E-state index contributed by atoms with van der Waals surface area (Å²) in [6.45, 7) is 0.430. The lowest BCUT2D eigenvalue weighted by molar-refractivity contribution is -0.137. The van der Waals surface area contributed by atoms with Crippen molar-refractivity contribution in [2.75, 3.05) is 19.5 Å². The van der Waals surface area contributed by atoms with Crippen molar-refractivity contribution in [1.82, 2.24) is 4.98 Å². The maximum atomic E-state index is 12.4. The molecule has 0 saturated heterocycles. The summed E-state index contributed by atoms with van der Waals surface area (Å²) in [7, 11) is 1.59. The van der Waals surface area contributed by atoms with E-state index in [4.69, 9.17) is 9.47 Å². The largest absolute Gasteiger partial charge is 0.497 e. The molecule has 0 aliphatic carbocycles. The summed E-state index contributed by atoms with van der Waals surface area (Å²) >= 11 is 1.34. The van der Waals surface area contributed by atoms with Gasteiger partial charge >= 0.3 is 6.18 Å². The maximum Gasteiger partial charge on any atom is 0.417 e. The topological polar surface area (TPSA) is 31.4 Å². The van der Waals surface area contributed by atoms with Gasteiger partial charge in [-0.15, -0.1) is 11.8 Å². The summed E-state index contributed by atoms with van der Waals surface area (Å²) in [5, 5.41) is 0.534. The number of hydrogen-bond acceptors (Lipinski definition) is 4. The van der Waals surface area contributed by atoms with Crippen LogP contribution in [0, 0.1) is 0 Å². The van der Waals surface area contributed by atoms with Crippen molar-refractivity contribution >= 4 is 11.8 Å². The van der Waals surface area contributed by atoms with Crippen LogP contribution >= 0.6 is 11.8 Å². The molecule has 0 amide bonds. The van der Waals surface area contributed by atoms with E-state index in [9.17, 15) is 13.2 Å². The monoisotopic (exact) mass is 329 g/mol. The average molecular weight is 329 g/mol. The van der Waals surface area contributed by atoms with Crippen LogP contribution in [0.15, 0.2) is 47.6 Å². The number of methoxy groups -OCH3 is 1. The molecule has 22 heavy (non-hydrogen) atoms. The molecule has 3 nitrogen and oxygen atoms in total. The van der Waals surface area contributed by atoms with Gasteiger partial charge in [-0.1, -0.05) is 0 Å². The van der Waals surface area contributed by atoms with Crippen molar-refractivity contribution in [3.05, 3.63) is 48.2 Å². The second kappa shape index (κ2) is 7.40. The fourth-order valence-corrected chi connectivity index (χ4v) is 2.28. The smallest absolute Gasteiger partial charge is 0.417 e. The summed E-state index contributed by atoms with van der Waals surface area (Å²) in [6, 6.07) is 9.56. The van der Waals surface area contributed by atoms with E-state index in [2.05, 4.69) is 4.98 Å². The Labute approximate surface area is 130 Å². The molecule has 0 bridgehead atoms.